The van der Waals surface area contributed by atoms with Gasteiger partial charge < -0.3 is 25.4 Å². The molecule has 3 N–H and O–H groups in total. The van der Waals surface area contributed by atoms with Gasteiger partial charge in [-0.1, -0.05) is 0 Å². The van der Waals surface area contributed by atoms with E-state index < -0.39 is 0 Å². The van der Waals surface area contributed by atoms with E-state index in [-0.39, 0.29) is 17.7 Å². The average molecular weight is 312 g/mol. The molecular weight excluding hydrogens is 284 g/mol. The molecule has 1 atom stereocenters. The SMILES string of the molecule is CCOC(=O)N1CCC(NC(N)=NCC2(C)CCCO2)CC1. The second-order valence-corrected chi connectivity index (χ2v) is 6.21. The largest absolute Gasteiger partial charge is 0.450 e. The van der Waals surface area contributed by atoms with Crippen molar-refractivity contribution in [2.75, 3.05) is 32.8 Å². The molecule has 7 heteroatoms. The van der Waals surface area contributed by atoms with Crippen LogP contribution in [0.2, 0.25) is 0 Å². The Morgan fingerprint density at radius 3 is 2.82 bits per heavy atom. The Bertz CT molecular complexity index is 400. The second kappa shape index (κ2) is 7.67. The standard InChI is InChI=1S/C15H28N4O3/c1-3-21-14(20)19-8-5-12(6-9-19)18-13(16)17-11-15(2)7-4-10-22-15/h12H,3-11H2,1-2H3,(H3,16,17,18). The highest BCUT2D eigenvalue weighted by atomic mass is 16.6. The fourth-order valence-electron chi connectivity index (χ4n) is 2.89. The normalized spacial score (nSPS) is 27.0. The van der Waals surface area contributed by atoms with E-state index in [1.165, 1.54) is 0 Å². The topological polar surface area (TPSA) is 89.2 Å². The van der Waals surface area contributed by atoms with Gasteiger partial charge in [0.05, 0.1) is 18.8 Å². The molecule has 2 saturated heterocycles. The summed E-state index contributed by atoms with van der Waals surface area (Å²) in [6.07, 6.45) is 3.59. The van der Waals surface area contributed by atoms with Crippen LogP contribution in [-0.2, 0) is 9.47 Å². The molecular formula is C15H28N4O3. The molecule has 0 aromatic heterocycles. The van der Waals surface area contributed by atoms with Crippen molar-refractivity contribution in [2.45, 2.75) is 51.2 Å². The van der Waals surface area contributed by atoms with Crippen molar-refractivity contribution in [1.29, 1.82) is 0 Å². The minimum atomic E-state index is -0.228. The summed E-state index contributed by atoms with van der Waals surface area (Å²) in [5, 5.41) is 3.24. The molecule has 0 bridgehead atoms. The number of rotatable bonds is 4. The van der Waals surface area contributed by atoms with Crippen LogP contribution in [0.1, 0.15) is 39.5 Å². The summed E-state index contributed by atoms with van der Waals surface area (Å²) in [7, 11) is 0. The van der Waals surface area contributed by atoms with Crippen molar-refractivity contribution in [3.8, 4) is 0 Å². The maximum Gasteiger partial charge on any atom is 0.409 e. The maximum absolute atomic E-state index is 11.6. The van der Waals surface area contributed by atoms with Gasteiger partial charge in [-0.3, -0.25) is 4.99 Å². The lowest BCUT2D eigenvalue weighted by Crippen LogP contribution is -2.48. The zero-order valence-corrected chi connectivity index (χ0v) is 13.6. The Balaban J connectivity index is 1.72. The number of carbonyl (C=O) groups excluding carboxylic acids is 1. The highest BCUT2D eigenvalue weighted by Gasteiger charge is 2.29. The Morgan fingerprint density at radius 2 is 2.23 bits per heavy atom. The van der Waals surface area contributed by atoms with Crippen molar-refractivity contribution in [3.05, 3.63) is 0 Å². The number of nitrogens with two attached hydrogens (primary N) is 1. The fourth-order valence-corrected chi connectivity index (χ4v) is 2.89. The van der Waals surface area contributed by atoms with Crippen LogP contribution in [0.4, 0.5) is 4.79 Å². The highest BCUT2D eigenvalue weighted by molar-refractivity contribution is 5.78. The van der Waals surface area contributed by atoms with Gasteiger partial charge in [-0.15, -0.1) is 0 Å². The van der Waals surface area contributed by atoms with E-state index >= 15 is 0 Å². The second-order valence-electron chi connectivity index (χ2n) is 6.21. The summed E-state index contributed by atoms with van der Waals surface area (Å²) in [6, 6.07) is 0.256. The highest BCUT2D eigenvalue weighted by Crippen LogP contribution is 2.25. The third-order valence-corrected chi connectivity index (χ3v) is 4.26. The van der Waals surface area contributed by atoms with Crippen molar-refractivity contribution >= 4 is 12.1 Å². The first-order valence-corrected chi connectivity index (χ1v) is 8.14. The number of amides is 1. The molecule has 0 aliphatic carbocycles. The number of nitrogens with one attached hydrogen (secondary N) is 1. The van der Waals surface area contributed by atoms with Crippen molar-refractivity contribution in [3.63, 3.8) is 0 Å². The minimum Gasteiger partial charge on any atom is -0.450 e. The van der Waals surface area contributed by atoms with Crippen molar-refractivity contribution in [1.82, 2.24) is 10.2 Å². The van der Waals surface area contributed by atoms with Crippen LogP contribution in [0.3, 0.4) is 0 Å². The lowest BCUT2D eigenvalue weighted by Gasteiger charge is -2.32. The number of nitrogens with zero attached hydrogens (tertiary/aromatic N) is 2. The molecule has 0 radical (unpaired) electrons. The summed E-state index contributed by atoms with van der Waals surface area (Å²) < 4.78 is 10.7. The van der Waals surface area contributed by atoms with E-state index in [9.17, 15) is 4.79 Å². The van der Waals surface area contributed by atoms with Gasteiger partial charge in [-0.25, -0.2) is 4.79 Å². The number of hydrogen-bond acceptors (Lipinski definition) is 4. The molecule has 0 spiro atoms. The number of likely N-dealkylation sites (tertiary alicyclic amines) is 1. The van der Waals surface area contributed by atoms with Gasteiger partial charge in [-0.2, -0.15) is 0 Å². The lowest BCUT2D eigenvalue weighted by molar-refractivity contribution is 0.0283. The minimum absolute atomic E-state index is 0.167. The summed E-state index contributed by atoms with van der Waals surface area (Å²) in [6.45, 7) is 7.08. The van der Waals surface area contributed by atoms with Gasteiger partial charge in [0.1, 0.15) is 0 Å². The van der Waals surface area contributed by atoms with E-state index in [1.54, 1.807) is 4.90 Å². The first-order chi connectivity index (χ1) is 10.5. The van der Waals surface area contributed by atoms with Crippen LogP contribution in [0.15, 0.2) is 4.99 Å². The third kappa shape index (κ3) is 4.76. The maximum atomic E-state index is 11.6. The summed E-state index contributed by atoms with van der Waals surface area (Å²) in [5.74, 6) is 0.464. The van der Waals surface area contributed by atoms with Gasteiger partial charge in [0, 0.05) is 25.7 Å². The third-order valence-electron chi connectivity index (χ3n) is 4.26. The molecule has 2 fully saturated rings. The Kier molecular flexibility index (Phi) is 5.88. The zero-order valence-electron chi connectivity index (χ0n) is 13.6. The summed E-state index contributed by atoms with van der Waals surface area (Å²) in [5.41, 5.74) is 5.79. The predicted molar refractivity (Wildman–Crippen MR) is 84.8 cm³/mol. The van der Waals surface area contributed by atoms with E-state index in [4.69, 9.17) is 15.2 Å². The smallest absolute Gasteiger partial charge is 0.409 e. The van der Waals surface area contributed by atoms with Gasteiger partial charge in [0.25, 0.3) is 0 Å². The summed E-state index contributed by atoms with van der Waals surface area (Å²) in [4.78, 5) is 17.8. The van der Waals surface area contributed by atoms with Gasteiger partial charge in [0.2, 0.25) is 0 Å². The van der Waals surface area contributed by atoms with Gasteiger partial charge in [-0.05, 0) is 39.5 Å². The quantitative estimate of drug-likeness (QED) is 0.599. The number of guanidine groups is 1. The molecule has 2 heterocycles. The molecule has 0 aromatic carbocycles. The lowest BCUT2D eigenvalue weighted by atomic mass is 10.0. The molecule has 2 rings (SSSR count). The first kappa shape index (κ1) is 16.9. The predicted octanol–water partition coefficient (Wildman–Crippen LogP) is 1.08. The Hall–Kier alpha value is -1.50. The van der Waals surface area contributed by atoms with Crippen molar-refractivity contribution < 1.29 is 14.3 Å². The molecule has 2 aliphatic heterocycles. The Labute approximate surface area is 132 Å². The van der Waals surface area contributed by atoms with Crippen LogP contribution < -0.4 is 11.1 Å². The number of piperidine rings is 1. The molecule has 126 valence electrons. The molecule has 1 unspecified atom stereocenters. The molecule has 0 aromatic rings. The average Bonchev–Trinajstić information content (AvgIpc) is 2.94. The van der Waals surface area contributed by atoms with Crippen LogP contribution in [0, 0.1) is 0 Å². The molecule has 0 saturated carbocycles. The van der Waals surface area contributed by atoms with Crippen LogP contribution in [-0.4, -0.2) is 61.4 Å². The fraction of sp³-hybridized carbons (Fsp3) is 0.867. The monoisotopic (exact) mass is 312 g/mol. The number of ether oxygens (including phenoxy) is 2. The van der Waals surface area contributed by atoms with E-state index in [1.807, 2.05) is 6.92 Å². The van der Waals surface area contributed by atoms with Crippen LogP contribution in [0.5, 0.6) is 0 Å². The van der Waals surface area contributed by atoms with E-state index in [2.05, 4.69) is 17.2 Å². The molecule has 22 heavy (non-hydrogen) atoms. The molecule has 2 aliphatic rings. The van der Waals surface area contributed by atoms with E-state index in [0.29, 0.717) is 32.2 Å². The number of hydrogen-bond donors (Lipinski definition) is 2. The number of aliphatic imine (C=N–C) groups is 1. The number of carbonyl (C=O) groups is 1. The molecule has 7 nitrogen and oxygen atoms in total. The summed E-state index contributed by atoms with van der Waals surface area (Å²) >= 11 is 0. The van der Waals surface area contributed by atoms with E-state index in [0.717, 1.165) is 32.3 Å². The zero-order chi connectivity index (χ0) is 16.0. The van der Waals surface area contributed by atoms with Crippen LogP contribution in [0.25, 0.3) is 0 Å². The van der Waals surface area contributed by atoms with Gasteiger partial charge in [0.15, 0.2) is 5.96 Å². The Morgan fingerprint density at radius 1 is 1.50 bits per heavy atom. The first-order valence-electron chi connectivity index (χ1n) is 8.14. The van der Waals surface area contributed by atoms with Crippen molar-refractivity contribution in [2.24, 2.45) is 10.7 Å². The van der Waals surface area contributed by atoms with Crippen LogP contribution >= 0.6 is 0 Å². The molecule has 1 amide bonds. The van der Waals surface area contributed by atoms with Gasteiger partial charge >= 0.3 is 6.09 Å².